The first-order valence-corrected chi connectivity index (χ1v) is 11.4. The van der Waals surface area contributed by atoms with E-state index in [1.54, 1.807) is 22.3 Å². The fourth-order valence-corrected chi connectivity index (χ4v) is 4.83. The Hall–Kier alpha value is -2.40. The molecule has 0 fully saturated rings. The predicted octanol–water partition coefficient (Wildman–Crippen LogP) is 4.98. The molecule has 1 aliphatic rings. The van der Waals surface area contributed by atoms with Crippen molar-refractivity contribution in [3.63, 3.8) is 0 Å². The smallest absolute Gasteiger partial charge is 0.243 e. The number of carbonyl (C=O) groups excluding carboxylic acids is 2. The number of fused-ring (bicyclic) bond motifs is 1. The lowest BCUT2D eigenvalue weighted by molar-refractivity contribution is -0.142. The van der Waals surface area contributed by atoms with E-state index in [1.165, 1.54) is 16.0 Å². The molecule has 1 aliphatic heterocycles. The molecule has 0 radical (unpaired) electrons. The second kappa shape index (κ2) is 9.17. The molecule has 0 aliphatic carbocycles. The second-order valence-electron chi connectivity index (χ2n) is 9.25. The van der Waals surface area contributed by atoms with Crippen LogP contribution in [0.4, 0.5) is 0 Å². The summed E-state index contributed by atoms with van der Waals surface area (Å²) in [6, 6.07) is 10.4. The van der Waals surface area contributed by atoms with Crippen molar-refractivity contribution < 1.29 is 9.59 Å². The van der Waals surface area contributed by atoms with Gasteiger partial charge in [0.2, 0.25) is 11.8 Å². The van der Waals surface area contributed by atoms with Crippen LogP contribution in [-0.2, 0) is 16.0 Å². The van der Waals surface area contributed by atoms with Gasteiger partial charge in [0.05, 0.1) is 6.04 Å². The van der Waals surface area contributed by atoms with Gasteiger partial charge in [-0.05, 0) is 41.3 Å². The van der Waals surface area contributed by atoms with Gasteiger partial charge in [-0.1, -0.05) is 56.7 Å². The zero-order valence-electron chi connectivity index (χ0n) is 18.5. The average molecular weight is 425 g/mol. The van der Waals surface area contributed by atoms with Gasteiger partial charge in [-0.25, -0.2) is 0 Å². The number of amides is 2. The van der Waals surface area contributed by atoms with Crippen LogP contribution in [-0.4, -0.2) is 41.2 Å². The van der Waals surface area contributed by atoms with Gasteiger partial charge in [-0.3, -0.25) is 9.59 Å². The molecule has 0 saturated heterocycles. The maximum Gasteiger partial charge on any atom is 0.243 e. The van der Waals surface area contributed by atoms with Crippen LogP contribution in [0, 0.1) is 12.3 Å². The third-order valence-electron chi connectivity index (χ3n) is 5.39. The van der Waals surface area contributed by atoms with Crippen molar-refractivity contribution in [1.29, 1.82) is 0 Å². The summed E-state index contributed by atoms with van der Waals surface area (Å²) in [7, 11) is 0. The molecular formula is C25H32N2O2S. The fraction of sp³-hybridized carbons (Fsp3) is 0.440. The molecule has 5 heteroatoms. The Kier molecular flexibility index (Phi) is 6.81. The molecular weight excluding hydrogens is 392 g/mol. The van der Waals surface area contributed by atoms with E-state index in [-0.39, 0.29) is 29.8 Å². The molecule has 0 bridgehead atoms. The molecule has 160 valence electrons. The summed E-state index contributed by atoms with van der Waals surface area (Å²) in [4.78, 5) is 31.2. The van der Waals surface area contributed by atoms with Crippen molar-refractivity contribution in [3.05, 3.63) is 69.9 Å². The molecule has 2 aromatic rings. The molecule has 2 heterocycles. The number of hydrogen-bond donors (Lipinski definition) is 0. The maximum absolute atomic E-state index is 13.4. The first-order chi connectivity index (χ1) is 14.2. The highest BCUT2D eigenvalue weighted by atomic mass is 32.1. The molecule has 1 aromatic carbocycles. The standard InChI is InChI=1S/C25H32N2O2S/c1-6-13-26(22(28)16-25(3,4)5)17-23(29)27-14-11-21-20(12-15-30-21)24(27)19-9-7-18(2)8-10-19/h6-10,12,15,24H,1,11,13-14,16-17H2,2-5H3. The topological polar surface area (TPSA) is 40.6 Å². The quantitative estimate of drug-likeness (QED) is 0.614. The van der Waals surface area contributed by atoms with E-state index < -0.39 is 0 Å². The Balaban J connectivity index is 1.86. The normalized spacial score (nSPS) is 16.1. The van der Waals surface area contributed by atoms with Gasteiger partial charge in [0.25, 0.3) is 0 Å². The lowest BCUT2D eigenvalue weighted by atomic mass is 9.91. The van der Waals surface area contributed by atoms with E-state index in [0.29, 0.717) is 19.5 Å². The number of thiophene rings is 1. The molecule has 1 aromatic heterocycles. The largest absolute Gasteiger partial charge is 0.330 e. The zero-order valence-corrected chi connectivity index (χ0v) is 19.3. The van der Waals surface area contributed by atoms with E-state index in [0.717, 1.165) is 12.0 Å². The van der Waals surface area contributed by atoms with Crippen LogP contribution < -0.4 is 0 Å². The maximum atomic E-state index is 13.4. The van der Waals surface area contributed by atoms with E-state index in [9.17, 15) is 9.59 Å². The van der Waals surface area contributed by atoms with Crippen LogP contribution in [0.3, 0.4) is 0 Å². The number of carbonyl (C=O) groups is 2. The number of aryl methyl sites for hydroxylation is 1. The van der Waals surface area contributed by atoms with Crippen LogP contribution in [0.5, 0.6) is 0 Å². The van der Waals surface area contributed by atoms with Crippen LogP contribution in [0.15, 0.2) is 48.4 Å². The van der Waals surface area contributed by atoms with Crippen molar-refractivity contribution in [1.82, 2.24) is 9.80 Å². The third-order valence-corrected chi connectivity index (χ3v) is 6.39. The minimum atomic E-state index is -0.124. The lowest BCUT2D eigenvalue weighted by Gasteiger charge is -2.37. The van der Waals surface area contributed by atoms with Crippen LogP contribution in [0.25, 0.3) is 0 Å². The Morgan fingerprint density at radius 1 is 1.23 bits per heavy atom. The van der Waals surface area contributed by atoms with Crippen molar-refractivity contribution in [3.8, 4) is 0 Å². The first-order valence-electron chi connectivity index (χ1n) is 10.5. The van der Waals surface area contributed by atoms with Crippen molar-refractivity contribution >= 4 is 23.2 Å². The lowest BCUT2D eigenvalue weighted by Crippen LogP contribution is -2.47. The molecule has 0 saturated carbocycles. The molecule has 3 rings (SSSR count). The highest BCUT2D eigenvalue weighted by molar-refractivity contribution is 7.10. The molecule has 1 unspecified atom stereocenters. The third kappa shape index (κ3) is 5.20. The van der Waals surface area contributed by atoms with Gasteiger partial charge in [-0.2, -0.15) is 0 Å². The summed E-state index contributed by atoms with van der Waals surface area (Å²) < 4.78 is 0. The van der Waals surface area contributed by atoms with E-state index in [4.69, 9.17) is 0 Å². The highest BCUT2D eigenvalue weighted by Crippen LogP contribution is 2.38. The van der Waals surface area contributed by atoms with Crippen molar-refractivity contribution in [2.45, 2.75) is 46.6 Å². The number of benzene rings is 1. The Morgan fingerprint density at radius 3 is 2.57 bits per heavy atom. The van der Waals surface area contributed by atoms with Gasteiger partial charge < -0.3 is 9.80 Å². The van der Waals surface area contributed by atoms with E-state index >= 15 is 0 Å². The first kappa shape index (κ1) is 22.3. The monoisotopic (exact) mass is 424 g/mol. The van der Waals surface area contributed by atoms with Crippen LogP contribution in [0.1, 0.15) is 54.8 Å². The van der Waals surface area contributed by atoms with Crippen LogP contribution >= 0.6 is 11.3 Å². The SMILES string of the molecule is C=CCN(CC(=O)N1CCc2sccc2C1c1ccc(C)cc1)C(=O)CC(C)(C)C. The minimum Gasteiger partial charge on any atom is -0.330 e. The van der Waals surface area contributed by atoms with Crippen molar-refractivity contribution in [2.75, 3.05) is 19.6 Å². The number of hydrogen-bond acceptors (Lipinski definition) is 3. The summed E-state index contributed by atoms with van der Waals surface area (Å²) in [5.41, 5.74) is 3.40. The molecule has 0 N–H and O–H groups in total. The summed E-state index contributed by atoms with van der Waals surface area (Å²) >= 11 is 1.76. The number of nitrogens with zero attached hydrogens (tertiary/aromatic N) is 2. The fourth-order valence-electron chi connectivity index (χ4n) is 3.92. The highest BCUT2D eigenvalue weighted by Gasteiger charge is 2.34. The minimum absolute atomic E-state index is 0.00383. The molecule has 0 spiro atoms. The summed E-state index contributed by atoms with van der Waals surface area (Å²) in [6.07, 6.45) is 2.96. The van der Waals surface area contributed by atoms with Gasteiger partial charge >= 0.3 is 0 Å². The number of rotatable bonds is 6. The molecule has 30 heavy (non-hydrogen) atoms. The summed E-state index contributed by atoms with van der Waals surface area (Å²) in [5, 5.41) is 2.11. The van der Waals surface area contributed by atoms with Gasteiger partial charge in [-0.15, -0.1) is 17.9 Å². The zero-order chi connectivity index (χ0) is 21.9. The molecule has 2 amide bonds. The van der Waals surface area contributed by atoms with Crippen LogP contribution in [0.2, 0.25) is 0 Å². The summed E-state index contributed by atoms with van der Waals surface area (Å²) in [5.74, 6) is -0.0163. The predicted molar refractivity (Wildman–Crippen MR) is 124 cm³/mol. The van der Waals surface area contributed by atoms with Gasteiger partial charge in [0.15, 0.2) is 0 Å². The van der Waals surface area contributed by atoms with Gasteiger partial charge in [0.1, 0.15) is 6.54 Å². The Morgan fingerprint density at radius 2 is 1.93 bits per heavy atom. The average Bonchev–Trinajstić information content (AvgIpc) is 3.15. The second-order valence-corrected chi connectivity index (χ2v) is 10.3. The summed E-state index contributed by atoms with van der Waals surface area (Å²) in [6.45, 7) is 13.1. The Bertz CT molecular complexity index is 908. The Labute approximate surface area is 184 Å². The van der Waals surface area contributed by atoms with Gasteiger partial charge in [0, 0.05) is 24.4 Å². The molecule has 1 atom stereocenters. The van der Waals surface area contributed by atoms with E-state index in [1.807, 2.05) is 25.7 Å². The van der Waals surface area contributed by atoms with E-state index in [2.05, 4.69) is 49.2 Å². The van der Waals surface area contributed by atoms with Crippen molar-refractivity contribution in [2.24, 2.45) is 5.41 Å². The molecule has 4 nitrogen and oxygen atoms in total.